The summed E-state index contributed by atoms with van der Waals surface area (Å²) in [6, 6.07) is 16.1. The molecule has 2 aromatic carbocycles. The Kier molecular flexibility index (Phi) is 5.30. The monoisotopic (exact) mass is 407 g/mol. The van der Waals surface area contributed by atoms with Gasteiger partial charge in [0.1, 0.15) is 18.2 Å². The molecular weight excluding hydrogens is 389 g/mol. The number of ether oxygens (including phenoxy) is 1. The van der Waals surface area contributed by atoms with Gasteiger partial charge in [-0.1, -0.05) is 24.3 Å². The summed E-state index contributed by atoms with van der Waals surface area (Å²) in [5.41, 5.74) is 0.296. The molecule has 1 N–H and O–H groups in total. The van der Waals surface area contributed by atoms with Gasteiger partial charge in [-0.05, 0) is 36.4 Å². The molecule has 1 amide bonds. The molecule has 0 unspecified atom stereocenters. The maximum absolute atomic E-state index is 13.6. The number of nitrogens with one attached hydrogen (secondary N) is 1. The lowest BCUT2D eigenvalue weighted by Crippen LogP contribution is -2.28. The number of aromatic nitrogens is 2. The predicted molar refractivity (Wildman–Crippen MR) is 108 cm³/mol. The lowest BCUT2D eigenvalue weighted by molar-refractivity contribution is 0.0745. The van der Waals surface area contributed by atoms with Crippen LogP contribution >= 0.6 is 0 Å². The van der Waals surface area contributed by atoms with Crippen LogP contribution in [0.5, 0.6) is 5.75 Å². The highest BCUT2D eigenvalue weighted by atomic mass is 19.1. The van der Waals surface area contributed by atoms with Crippen molar-refractivity contribution in [2.24, 2.45) is 0 Å². The number of benzene rings is 2. The standard InChI is InChI=1S/C22H18FN3O4/c1-26(12-20-24-17-8-4-2-6-15(17)21(27)25-20)22(28)19-11-10-14(30-19)13-29-18-9-5-3-7-16(18)23/h2-11H,12-13H2,1H3,(H,24,25,27). The number of H-pyrrole nitrogens is 1. The molecule has 8 heteroatoms. The first-order chi connectivity index (χ1) is 14.5. The molecule has 0 aliphatic rings. The van der Waals surface area contributed by atoms with Gasteiger partial charge in [0.05, 0.1) is 17.4 Å². The maximum atomic E-state index is 13.6. The van der Waals surface area contributed by atoms with Crippen LogP contribution in [-0.2, 0) is 13.2 Å². The Balaban J connectivity index is 1.43. The highest BCUT2D eigenvalue weighted by molar-refractivity contribution is 5.91. The summed E-state index contributed by atoms with van der Waals surface area (Å²) in [5, 5.41) is 0.487. The predicted octanol–water partition coefficient (Wildman–Crippen LogP) is 3.51. The number of halogens is 1. The third kappa shape index (κ3) is 4.07. The highest BCUT2D eigenvalue weighted by Gasteiger charge is 2.18. The lowest BCUT2D eigenvalue weighted by Gasteiger charge is -2.15. The molecule has 30 heavy (non-hydrogen) atoms. The van der Waals surface area contributed by atoms with E-state index < -0.39 is 5.82 Å². The van der Waals surface area contributed by atoms with Gasteiger partial charge < -0.3 is 19.0 Å². The van der Waals surface area contributed by atoms with Crippen LogP contribution in [0.3, 0.4) is 0 Å². The SMILES string of the molecule is CN(Cc1nc2ccccc2c(=O)[nH]1)C(=O)c1ccc(COc2ccccc2F)o1. The van der Waals surface area contributed by atoms with Gasteiger partial charge >= 0.3 is 0 Å². The van der Waals surface area contributed by atoms with E-state index in [1.807, 2.05) is 0 Å². The zero-order chi connectivity index (χ0) is 21.1. The fourth-order valence-corrected chi connectivity index (χ4v) is 2.98. The van der Waals surface area contributed by atoms with Crippen LogP contribution in [0, 0.1) is 5.82 Å². The molecule has 0 aliphatic carbocycles. The van der Waals surface area contributed by atoms with E-state index in [-0.39, 0.29) is 36.1 Å². The summed E-state index contributed by atoms with van der Waals surface area (Å²) in [7, 11) is 1.58. The first-order valence-corrected chi connectivity index (χ1v) is 9.21. The smallest absolute Gasteiger partial charge is 0.289 e. The second-order valence-corrected chi connectivity index (χ2v) is 6.68. The van der Waals surface area contributed by atoms with Crippen molar-refractivity contribution in [2.45, 2.75) is 13.2 Å². The van der Waals surface area contributed by atoms with Crippen molar-refractivity contribution in [3.8, 4) is 5.75 Å². The Hall–Kier alpha value is -3.94. The minimum Gasteiger partial charge on any atom is -0.483 e. The summed E-state index contributed by atoms with van der Waals surface area (Å²) in [4.78, 5) is 33.3. The number of rotatable bonds is 6. The summed E-state index contributed by atoms with van der Waals surface area (Å²) >= 11 is 0. The van der Waals surface area contributed by atoms with Gasteiger partial charge in [-0.2, -0.15) is 0 Å². The van der Waals surface area contributed by atoms with Crippen LogP contribution in [0.2, 0.25) is 0 Å². The molecule has 2 aromatic heterocycles. The molecule has 7 nitrogen and oxygen atoms in total. The van der Waals surface area contributed by atoms with E-state index in [4.69, 9.17) is 9.15 Å². The van der Waals surface area contributed by atoms with Gasteiger partial charge in [-0.3, -0.25) is 9.59 Å². The quantitative estimate of drug-likeness (QED) is 0.528. The second-order valence-electron chi connectivity index (χ2n) is 6.68. The molecule has 0 bridgehead atoms. The number of carbonyl (C=O) groups is 1. The van der Waals surface area contributed by atoms with Gasteiger partial charge in [0.15, 0.2) is 17.3 Å². The molecule has 2 heterocycles. The average molecular weight is 407 g/mol. The third-order valence-electron chi connectivity index (χ3n) is 4.47. The van der Waals surface area contributed by atoms with Crippen molar-refractivity contribution in [3.05, 3.63) is 94.2 Å². The van der Waals surface area contributed by atoms with Gasteiger partial charge in [-0.15, -0.1) is 0 Å². The Bertz CT molecular complexity index is 1260. The minimum atomic E-state index is -0.475. The molecule has 4 aromatic rings. The van der Waals surface area contributed by atoms with Crippen LogP contribution in [-0.4, -0.2) is 27.8 Å². The van der Waals surface area contributed by atoms with Gasteiger partial charge in [0, 0.05) is 7.05 Å². The van der Waals surface area contributed by atoms with Crippen LogP contribution in [0.1, 0.15) is 22.1 Å². The number of hydrogen-bond acceptors (Lipinski definition) is 5. The zero-order valence-electron chi connectivity index (χ0n) is 16.1. The van der Waals surface area contributed by atoms with E-state index in [1.54, 1.807) is 49.5 Å². The first-order valence-electron chi connectivity index (χ1n) is 9.21. The van der Waals surface area contributed by atoms with Crippen molar-refractivity contribution < 1.29 is 18.3 Å². The van der Waals surface area contributed by atoms with Gasteiger partial charge in [-0.25, -0.2) is 9.37 Å². The van der Waals surface area contributed by atoms with Crippen molar-refractivity contribution in [3.63, 3.8) is 0 Å². The molecule has 0 radical (unpaired) electrons. The van der Waals surface area contributed by atoms with Crippen molar-refractivity contribution >= 4 is 16.8 Å². The molecule has 0 spiro atoms. The third-order valence-corrected chi connectivity index (χ3v) is 4.47. The van der Waals surface area contributed by atoms with E-state index in [0.717, 1.165) is 0 Å². The fraction of sp³-hybridized carbons (Fsp3) is 0.136. The zero-order valence-corrected chi connectivity index (χ0v) is 16.1. The van der Waals surface area contributed by atoms with Crippen LogP contribution in [0.25, 0.3) is 10.9 Å². The molecule has 0 saturated heterocycles. The number of carbonyl (C=O) groups excluding carboxylic acids is 1. The Morgan fingerprint density at radius 2 is 1.90 bits per heavy atom. The number of aromatic amines is 1. The number of furan rings is 1. The Labute approximate surface area is 170 Å². The lowest BCUT2D eigenvalue weighted by atomic mass is 10.2. The van der Waals surface area contributed by atoms with Crippen LogP contribution in [0.4, 0.5) is 4.39 Å². The number of nitrogens with zero attached hydrogens (tertiary/aromatic N) is 2. The second kappa shape index (κ2) is 8.20. The van der Waals surface area contributed by atoms with Crippen molar-refractivity contribution in [2.75, 3.05) is 7.05 Å². The molecule has 0 saturated carbocycles. The normalized spacial score (nSPS) is 10.9. The maximum Gasteiger partial charge on any atom is 0.289 e. The van der Waals surface area contributed by atoms with Crippen molar-refractivity contribution in [1.82, 2.24) is 14.9 Å². The van der Waals surface area contributed by atoms with Gasteiger partial charge in [0.25, 0.3) is 11.5 Å². The van der Waals surface area contributed by atoms with E-state index in [0.29, 0.717) is 22.5 Å². The van der Waals surface area contributed by atoms with Crippen LogP contribution < -0.4 is 10.3 Å². The highest BCUT2D eigenvalue weighted by Crippen LogP contribution is 2.18. The minimum absolute atomic E-state index is 0.0164. The number of fused-ring (bicyclic) bond motifs is 1. The van der Waals surface area contributed by atoms with E-state index in [9.17, 15) is 14.0 Å². The molecule has 0 atom stereocenters. The molecule has 0 fully saturated rings. The van der Waals surface area contributed by atoms with E-state index >= 15 is 0 Å². The summed E-state index contributed by atoms with van der Waals surface area (Å²) in [6.07, 6.45) is 0. The molecule has 0 aliphatic heterocycles. The number of hydrogen-bond donors (Lipinski definition) is 1. The molecule has 4 rings (SSSR count). The Morgan fingerprint density at radius 3 is 2.73 bits per heavy atom. The number of amides is 1. The van der Waals surface area contributed by atoms with Gasteiger partial charge in [0.2, 0.25) is 0 Å². The fourth-order valence-electron chi connectivity index (χ4n) is 2.98. The van der Waals surface area contributed by atoms with Crippen LogP contribution in [0.15, 0.2) is 69.9 Å². The first kappa shape index (κ1) is 19.4. The average Bonchev–Trinajstić information content (AvgIpc) is 3.21. The molecular formula is C22H18FN3O4. The summed E-state index contributed by atoms with van der Waals surface area (Å²) < 4.78 is 24.5. The molecule has 152 valence electrons. The summed E-state index contributed by atoms with van der Waals surface area (Å²) in [5.74, 6) is 0.0920. The Morgan fingerprint density at radius 1 is 1.13 bits per heavy atom. The van der Waals surface area contributed by atoms with E-state index in [2.05, 4.69) is 9.97 Å². The topological polar surface area (TPSA) is 88.4 Å². The summed E-state index contributed by atoms with van der Waals surface area (Å²) in [6.45, 7) is 0.0815. The van der Waals surface area contributed by atoms with E-state index in [1.165, 1.54) is 23.1 Å². The number of para-hydroxylation sites is 2. The van der Waals surface area contributed by atoms with Crippen molar-refractivity contribution in [1.29, 1.82) is 0 Å². The largest absolute Gasteiger partial charge is 0.483 e.